The molecule has 4 rings (SSSR count). The highest BCUT2D eigenvalue weighted by Gasteiger charge is 2.40. The average molecular weight is 467 g/mol. The fourth-order valence-corrected chi connectivity index (χ4v) is 5.64. The molecule has 2 fully saturated rings. The maximum atomic E-state index is 13.2. The quantitative estimate of drug-likeness (QED) is 0.480. The summed E-state index contributed by atoms with van der Waals surface area (Å²) in [6, 6.07) is 6.58. The van der Waals surface area contributed by atoms with Gasteiger partial charge >= 0.3 is 0 Å². The monoisotopic (exact) mass is 466 g/mol. The molecule has 0 unspecified atom stereocenters. The van der Waals surface area contributed by atoms with E-state index in [1.807, 2.05) is 7.05 Å². The van der Waals surface area contributed by atoms with Gasteiger partial charge in [-0.15, -0.1) is 10.2 Å². The Morgan fingerprint density at radius 3 is 2.56 bits per heavy atom. The molecule has 0 spiro atoms. The first kappa shape index (κ1) is 25.1. The highest BCUT2D eigenvalue weighted by molar-refractivity contribution is 5.81. The van der Waals surface area contributed by atoms with E-state index in [2.05, 4.69) is 55.4 Å². The van der Waals surface area contributed by atoms with E-state index < -0.39 is 0 Å². The molecule has 1 N–H and O–H groups in total. The van der Waals surface area contributed by atoms with Crippen LogP contribution in [0.15, 0.2) is 18.2 Å². The summed E-state index contributed by atoms with van der Waals surface area (Å²) < 4.78 is 2.37. The van der Waals surface area contributed by atoms with Gasteiger partial charge < -0.3 is 9.67 Å². The number of hydrogen-bond acceptors (Lipinski definition) is 5. The molecule has 2 saturated carbocycles. The first-order valence-corrected chi connectivity index (χ1v) is 13.1. The standard InChI is InChI=1S/C28H42N4O2/c1-18(2)12-21-14-23(15-21)27-29-30-28(32(27)24-8-9-24)26(31(5)10-11-33)17-25(34)16-22-7-6-19(3)13-20(22)4/h6-7,13,18,21,23-24,26,33H,8-12,14-17H2,1-5H3/t21?,23?,26-/m0/s1. The van der Waals surface area contributed by atoms with Crippen molar-refractivity contribution in [3.05, 3.63) is 46.5 Å². The van der Waals surface area contributed by atoms with Gasteiger partial charge in [-0.05, 0) is 76.0 Å². The molecule has 1 atom stereocenters. The van der Waals surface area contributed by atoms with E-state index in [0.717, 1.165) is 47.5 Å². The van der Waals surface area contributed by atoms with E-state index in [1.54, 1.807) is 0 Å². The lowest BCUT2D eigenvalue weighted by Crippen LogP contribution is -2.32. The first-order chi connectivity index (χ1) is 16.3. The number of benzene rings is 1. The van der Waals surface area contributed by atoms with Crippen molar-refractivity contribution in [3.63, 3.8) is 0 Å². The predicted molar refractivity (Wildman–Crippen MR) is 135 cm³/mol. The molecule has 2 aliphatic rings. The molecular formula is C28H42N4O2. The molecule has 0 aliphatic heterocycles. The van der Waals surface area contributed by atoms with E-state index in [0.29, 0.717) is 31.3 Å². The van der Waals surface area contributed by atoms with Crippen molar-refractivity contribution in [2.75, 3.05) is 20.2 Å². The van der Waals surface area contributed by atoms with Gasteiger partial charge in [0.2, 0.25) is 0 Å². The smallest absolute Gasteiger partial charge is 0.151 e. The summed E-state index contributed by atoms with van der Waals surface area (Å²) in [5.41, 5.74) is 3.47. The minimum Gasteiger partial charge on any atom is -0.395 e. The number of aliphatic hydroxyl groups excluding tert-OH is 1. The van der Waals surface area contributed by atoms with Crippen molar-refractivity contribution < 1.29 is 9.90 Å². The van der Waals surface area contributed by atoms with Crippen LogP contribution >= 0.6 is 0 Å². The van der Waals surface area contributed by atoms with Crippen LogP contribution in [-0.4, -0.2) is 50.8 Å². The van der Waals surface area contributed by atoms with E-state index >= 15 is 0 Å². The molecule has 1 aromatic heterocycles. The third-order valence-electron chi connectivity index (χ3n) is 7.66. The second-order valence-electron chi connectivity index (χ2n) is 11.3. The van der Waals surface area contributed by atoms with Gasteiger partial charge in [-0.25, -0.2) is 0 Å². The summed E-state index contributed by atoms with van der Waals surface area (Å²) in [6.45, 7) is 9.32. The third kappa shape index (κ3) is 5.77. The first-order valence-electron chi connectivity index (χ1n) is 13.1. The molecule has 186 valence electrons. The van der Waals surface area contributed by atoms with Crippen molar-refractivity contribution >= 4 is 5.78 Å². The minimum atomic E-state index is -0.168. The number of carbonyl (C=O) groups excluding carboxylic acids is 1. The average Bonchev–Trinajstić information content (AvgIpc) is 3.49. The Hall–Kier alpha value is -2.05. The highest BCUT2D eigenvalue weighted by Crippen LogP contribution is 2.48. The molecule has 0 amide bonds. The van der Waals surface area contributed by atoms with Gasteiger partial charge in [0, 0.05) is 31.3 Å². The van der Waals surface area contributed by atoms with Crippen molar-refractivity contribution in [2.24, 2.45) is 11.8 Å². The Balaban J connectivity index is 1.54. The second-order valence-corrected chi connectivity index (χ2v) is 11.3. The summed E-state index contributed by atoms with van der Waals surface area (Å²) in [4.78, 5) is 15.3. The SMILES string of the molecule is Cc1ccc(CC(=O)C[C@@H](c2nnc(C3CC(CC(C)C)C3)n2C2CC2)N(C)CCO)c(C)c1. The van der Waals surface area contributed by atoms with E-state index in [4.69, 9.17) is 10.2 Å². The number of nitrogens with zero attached hydrogens (tertiary/aromatic N) is 4. The van der Waals surface area contributed by atoms with Crippen LogP contribution in [-0.2, 0) is 11.2 Å². The van der Waals surface area contributed by atoms with Gasteiger partial charge in [-0.2, -0.15) is 0 Å². The topological polar surface area (TPSA) is 71.2 Å². The van der Waals surface area contributed by atoms with Gasteiger partial charge in [0.15, 0.2) is 5.82 Å². The summed E-state index contributed by atoms with van der Waals surface area (Å²) in [6.07, 6.45) is 6.82. The number of aryl methyl sites for hydroxylation is 2. The van der Waals surface area contributed by atoms with Crippen LogP contribution in [0.3, 0.4) is 0 Å². The Morgan fingerprint density at radius 2 is 1.94 bits per heavy atom. The Bertz CT molecular complexity index is 988. The maximum absolute atomic E-state index is 13.2. The molecule has 6 nitrogen and oxygen atoms in total. The zero-order valence-corrected chi connectivity index (χ0v) is 21.6. The van der Waals surface area contributed by atoms with Crippen LogP contribution in [0.5, 0.6) is 0 Å². The number of likely N-dealkylation sites (N-methyl/N-ethyl adjacent to an activating group) is 1. The van der Waals surface area contributed by atoms with Crippen LogP contribution in [0, 0.1) is 25.7 Å². The van der Waals surface area contributed by atoms with Gasteiger partial charge in [-0.1, -0.05) is 37.6 Å². The molecule has 1 heterocycles. The number of hydrogen-bond donors (Lipinski definition) is 1. The van der Waals surface area contributed by atoms with Gasteiger partial charge in [-0.3, -0.25) is 9.69 Å². The van der Waals surface area contributed by atoms with Gasteiger partial charge in [0.1, 0.15) is 11.6 Å². The Morgan fingerprint density at radius 1 is 1.21 bits per heavy atom. The van der Waals surface area contributed by atoms with Crippen molar-refractivity contribution in [3.8, 4) is 0 Å². The third-order valence-corrected chi connectivity index (χ3v) is 7.66. The normalized spacial score (nSPS) is 21.2. The highest BCUT2D eigenvalue weighted by atomic mass is 16.3. The second kappa shape index (κ2) is 10.7. The lowest BCUT2D eigenvalue weighted by atomic mass is 9.71. The van der Waals surface area contributed by atoms with Crippen LogP contribution in [0.1, 0.15) is 98.7 Å². The van der Waals surface area contributed by atoms with Crippen LogP contribution in [0.25, 0.3) is 0 Å². The van der Waals surface area contributed by atoms with Crippen LogP contribution < -0.4 is 0 Å². The zero-order chi connectivity index (χ0) is 24.4. The minimum absolute atomic E-state index is 0.0577. The van der Waals surface area contributed by atoms with Crippen molar-refractivity contribution in [2.45, 2.75) is 90.6 Å². The number of Topliss-reactive ketones (excluding diaryl/α,β-unsaturated/α-hetero) is 1. The van der Waals surface area contributed by atoms with Crippen LogP contribution in [0.4, 0.5) is 0 Å². The van der Waals surface area contributed by atoms with Gasteiger partial charge in [0.25, 0.3) is 0 Å². The molecular weight excluding hydrogens is 424 g/mol. The zero-order valence-electron chi connectivity index (χ0n) is 21.6. The van der Waals surface area contributed by atoms with Gasteiger partial charge in [0.05, 0.1) is 12.6 Å². The Labute approximate surface area is 204 Å². The summed E-state index contributed by atoms with van der Waals surface area (Å²) in [7, 11) is 1.99. The number of aliphatic hydroxyl groups is 1. The fourth-order valence-electron chi connectivity index (χ4n) is 5.64. The molecule has 0 bridgehead atoms. The molecule has 0 radical (unpaired) electrons. The van der Waals surface area contributed by atoms with E-state index in [1.165, 1.54) is 24.8 Å². The lowest BCUT2D eigenvalue weighted by Gasteiger charge is -2.36. The van der Waals surface area contributed by atoms with E-state index in [9.17, 15) is 9.90 Å². The number of rotatable bonds is 12. The lowest BCUT2D eigenvalue weighted by molar-refractivity contribution is -0.119. The number of carbonyl (C=O) groups is 1. The maximum Gasteiger partial charge on any atom is 0.151 e. The largest absolute Gasteiger partial charge is 0.395 e. The molecule has 34 heavy (non-hydrogen) atoms. The molecule has 2 aliphatic carbocycles. The summed E-state index contributed by atoms with van der Waals surface area (Å²) in [5, 5.41) is 19.0. The number of ketones is 1. The predicted octanol–water partition coefficient (Wildman–Crippen LogP) is 4.94. The summed E-state index contributed by atoms with van der Waals surface area (Å²) >= 11 is 0. The Kier molecular flexibility index (Phi) is 7.88. The number of aromatic nitrogens is 3. The molecule has 2 aromatic rings. The molecule has 0 saturated heterocycles. The van der Waals surface area contributed by atoms with E-state index in [-0.39, 0.29) is 18.4 Å². The van der Waals surface area contributed by atoms with Crippen molar-refractivity contribution in [1.29, 1.82) is 0 Å². The van der Waals surface area contributed by atoms with Crippen LogP contribution in [0.2, 0.25) is 0 Å². The summed E-state index contributed by atoms with van der Waals surface area (Å²) in [5.74, 6) is 4.26. The van der Waals surface area contributed by atoms with Crippen molar-refractivity contribution in [1.82, 2.24) is 19.7 Å². The fraction of sp³-hybridized carbons (Fsp3) is 0.679. The molecule has 6 heteroatoms. The molecule has 1 aromatic carbocycles.